The minimum atomic E-state index is 0.0814. The molecule has 0 aromatic carbocycles. The van der Waals surface area contributed by atoms with E-state index in [4.69, 9.17) is 10.5 Å². The zero-order valence-electron chi connectivity index (χ0n) is 9.67. The average molecular weight is 221 g/mol. The van der Waals surface area contributed by atoms with Crippen molar-refractivity contribution in [2.45, 2.75) is 19.1 Å². The van der Waals surface area contributed by atoms with Crippen LogP contribution >= 0.6 is 0 Å². The van der Waals surface area contributed by atoms with Crippen LogP contribution in [0.3, 0.4) is 0 Å². The van der Waals surface area contributed by atoms with Crippen LogP contribution in [-0.2, 0) is 4.74 Å². The van der Waals surface area contributed by atoms with Crippen molar-refractivity contribution in [3.05, 3.63) is 30.1 Å². The van der Waals surface area contributed by atoms with E-state index in [0.29, 0.717) is 6.54 Å². The lowest BCUT2D eigenvalue weighted by Gasteiger charge is -2.40. The zero-order valence-corrected chi connectivity index (χ0v) is 9.67. The second-order valence-electron chi connectivity index (χ2n) is 4.00. The Morgan fingerprint density at radius 1 is 1.62 bits per heavy atom. The summed E-state index contributed by atoms with van der Waals surface area (Å²) in [6.07, 6.45) is 3.78. The molecule has 2 unspecified atom stereocenters. The van der Waals surface area contributed by atoms with Gasteiger partial charge in [-0.05, 0) is 18.2 Å². The standard InChI is InChI=1S/C12H19N3O/c1-2-15-6-7-16-11(8-13)12(15)10-4-3-5-14-9-10/h3-5,9,11-12H,2,6-8,13H2,1H3. The summed E-state index contributed by atoms with van der Waals surface area (Å²) in [6.45, 7) is 5.47. The van der Waals surface area contributed by atoms with Crippen molar-refractivity contribution in [1.82, 2.24) is 9.88 Å². The molecular formula is C12H19N3O. The van der Waals surface area contributed by atoms with Gasteiger partial charge in [0.15, 0.2) is 0 Å². The van der Waals surface area contributed by atoms with Crippen molar-refractivity contribution in [2.75, 3.05) is 26.2 Å². The van der Waals surface area contributed by atoms with Gasteiger partial charge < -0.3 is 10.5 Å². The van der Waals surface area contributed by atoms with Gasteiger partial charge in [0.05, 0.1) is 18.8 Å². The average Bonchev–Trinajstić information content (AvgIpc) is 2.38. The van der Waals surface area contributed by atoms with Gasteiger partial charge in [-0.2, -0.15) is 0 Å². The molecule has 4 nitrogen and oxygen atoms in total. The van der Waals surface area contributed by atoms with Crippen molar-refractivity contribution < 1.29 is 4.74 Å². The molecule has 4 heteroatoms. The Morgan fingerprint density at radius 3 is 3.12 bits per heavy atom. The molecule has 1 aromatic heterocycles. The van der Waals surface area contributed by atoms with Crippen LogP contribution in [0.15, 0.2) is 24.5 Å². The summed E-state index contributed by atoms with van der Waals surface area (Å²) in [4.78, 5) is 6.58. The van der Waals surface area contributed by atoms with Crippen LogP contribution in [0.4, 0.5) is 0 Å². The van der Waals surface area contributed by atoms with Crippen LogP contribution in [0.25, 0.3) is 0 Å². The number of rotatable bonds is 3. The Hall–Kier alpha value is -0.970. The maximum absolute atomic E-state index is 5.78. The minimum absolute atomic E-state index is 0.0814. The first-order valence-electron chi connectivity index (χ1n) is 5.82. The molecule has 1 aromatic rings. The first kappa shape index (κ1) is 11.5. The summed E-state index contributed by atoms with van der Waals surface area (Å²) < 4.78 is 5.73. The van der Waals surface area contributed by atoms with Crippen LogP contribution in [0.1, 0.15) is 18.5 Å². The smallest absolute Gasteiger partial charge is 0.0894 e. The molecule has 0 radical (unpaired) electrons. The van der Waals surface area contributed by atoms with E-state index in [-0.39, 0.29) is 12.1 Å². The lowest BCUT2D eigenvalue weighted by atomic mass is 9.99. The van der Waals surface area contributed by atoms with Crippen LogP contribution in [0.2, 0.25) is 0 Å². The molecule has 2 N–H and O–H groups in total. The predicted octanol–water partition coefficient (Wildman–Crippen LogP) is 0.802. The molecule has 0 spiro atoms. The summed E-state index contributed by atoms with van der Waals surface area (Å²) in [5, 5.41) is 0. The number of likely N-dealkylation sites (N-methyl/N-ethyl adjacent to an activating group) is 1. The highest BCUT2D eigenvalue weighted by molar-refractivity contribution is 5.16. The highest BCUT2D eigenvalue weighted by Crippen LogP contribution is 2.28. The summed E-state index contributed by atoms with van der Waals surface area (Å²) in [6, 6.07) is 4.31. The normalized spacial score (nSPS) is 26.9. The monoisotopic (exact) mass is 221 g/mol. The van der Waals surface area contributed by atoms with Gasteiger partial charge in [-0.3, -0.25) is 9.88 Å². The Bertz CT molecular complexity index is 305. The third kappa shape index (κ3) is 2.24. The first-order valence-corrected chi connectivity index (χ1v) is 5.82. The second kappa shape index (κ2) is 5.39. The molecular weight excluding hydrogens is 202 g/mol. The van der Waals surface area contributed by atoms with E-state index in [1.165, 1.54) is 5.56 Å². The van der Waals surface area contributed by atoms with Crippen molar-refractivity contribution in [1.29, 1.82) is 0 Å². The largest absolute Gasteiger partial charge is 0.374 e. The van der Waals surface area contributed by atoms with Crippen LogP contribution < -0.4 is 5.73 Å². The fourth-order valence-corrected chi connectivity index (χ4v) is 2.31. The quantitative estimate of drug-likeness (QED) is 0.820. The number of nitrogens with zero attached hydrogens (tertiary/aromatic N) is 2. The summed E-state index contributed by atoms with van der Waals surface area (Å²) >= 11 is 0. The molecule has 0 saturated carbocycles. The van der Waals surface area contributed by atoms with E-state index < -0.39 is 0 Å². The summed E-state index contributed by atoms with van der Waals surface area (Å²) in [5.41, 5.74) is 6.97. The van der Waals surface area contributed by atoms with Gasteiger partial charge in [0, 0.05) is 25.5 Å². The summed E-state index contributed by atoms with van der Waals surface area (Å²) in [5.74, 6) is 0. The number of aromatic nitrogens is 1. The molecule has 88 valence electrons. The minimum Gasteiger partial charge on any atom is -0.374 e. The Kier molecular flexibility index (Phi) is 3.88. The first-order chi connectivity index (χ1) is 7.86. The van der Waals surface area contributed by atoms with Gasteiger partial charge in [0.25, 0.3) is 0 Å². The van der Waals surface area contributed by atoms with Crippen molar-refractivity contribution in [3.8, 4) is 0 Å². The van der Waals surface area contributed by atoms with Crippen LogP contribution in [0, 0.1) is 0 Å². The summed E-state index contributed by atoms with van der Waals surface area (Å²) in [7, 11) is 0. The second-order valence-corrected chi connectivity index (χ2v) is 4.00. The lowest BCUT2D eigenvalue weighted by molar-refractivity contribution is -0.0659. The van der Waals surface area contributed by atoms with Crippen molar-refractivity contribution >= 4 is 0 Å². The maximum Gasteiger partial charge on any atom is 0.0894 e. The third-order valence-electron chi connectivity index (χ3n) is 3.12. The molecule has 1 fully saturated rings. The number of nitrogens with two attached hydrogens (primary N) is 1. The van der Waals surface area contributed by atoms with E-state index in [9.17, 15) is 0 Å². The van der Waals surface area contributed by atoms with Gasteiger partial charge >= 0.3 is 0 Å². The number of hydrogen-bond acceptors (Lipinski definition) is 4. The Morgan fingerprint density at radius 2 is 2.50 bits per heavy atom. The molecule has 0 aliphatic carbocycles. The fraction of sp³-hybridized carbons (Fsp3) is 0.583. The van der Waals surface area contributed by atoms with E-state index >= 15 is 0 Å². The van der Waals surface area contributed by atoms with Crippen LogP contribution in [-0.4, -0.2) is 42.2 Å². The molecule has 16 heavy (non-hydrogen) atoms. The molecule has 2 atom stereocenters. The molecule has 1 saturated heterocycles. The van der Waals surface area contributed by atoms with E-state index in [0.717, 1.165) is 19.7 Å². The van der Waals surface area contributed by atoms with E-state index in [2.05, 4.69) is 22.9 Å². The highest BCUT2D eigenvalue weighted by Gasteiger charge is 2.31. The van der Waals surface area contributed by atoms with Gasteiger partial charge in [0.2, 0.25) is 0 Å². The molecule has 0 amide bonds. The van der Waals surface area contributed by atoms with Crippen molar-refractivity contribution in [2.24, 2.45) is 5.73 Å². The molecule has 1 aliphatic heterocycles. The Labute approximate surface area is 96.4 Å². The van der Waals surface area contributed by atoms with Crippen molar-refractivity contribution in [3.63, 3.8) is 0 Å². The molecule has 1 aliphatic rings. The Balaban J connectivity index is 2.24. The van der Waals surface area contributed by atoms with E-state index in [1.54, 1.807) is 6.20 Å². The zero-order chi connectivity index (χ0) is 11.4. The fourth-order valence-electron chi connectivity index (χ4n) is 2.31. The van der Waals surface area contributed by atoms with E-state index in [1.807, 2.05) is 12.3 Å². The van der Waals surface area contributed by atoms with Gasteiger partial charge in [-0.25, -0.2) is 0 Å². The van der Waals surface area contributed by atoms with Crippen LogP contribution in [0.5, 0.6) is 0 Å². The van der Waals surface area contributed by atoms with Gasteiger partial charge in [0.1, 0.15) is 0 Å². The number of ether oxygens (including phenoxy) is 1. The van der Waals surface area contributed by atoms with Gasteiger partial charge in [-0.15, -0.1) is 0 Å². The number of hydrogen-bond donors (Lipinski definition) is 1. The van der Waals surface area contributed by atoms with Gasteiger partial charge in [-0.1, -0.05) is 13.0 Å². The predicted molar refractivity (Wildman–Crippen MR) is 63.0 cm³/mol. The molecule has 2 heterocycles. The lowest BCUT2D eigenvalue weighted by Crippen LogP contribution is -2.48. The topological polar surface area (TPSA) is 51.4 Å². The third-order valence-corrected chi connectivity index (χ3v) is 3.12. The SMILES string of the molecule is CCN1CCOC(CN)C1c1cccnc1. The number of morpholine rings is 1. The molecule has 0 bridgehead atoms. The molecule has 2 rings (SSSR count). The number of pyridine rings is 1. The highest BCUT2D eigenvalue weighted by atomic mass is 16.5. The maximum atomic E-state index is 5.78.